The van der Waals surface area contributed by atoms with Crippen LogP contribution in [0.1, 0.15) is 41.5 Å². The summed E-state index contributed by atoms with van der Waals surface area (Å²) in [5, 5.41) is 4.82. The Labute approximate surface area is 118 Å². The molecule has 1 amide bonds. The Morgan fingerprint density at radius 1 is 1.25 bits per heavy atom. The van der Waals surface area contributed by atoms with E-state index in [1.807, 2.05) is 0 Å². The maximum atomic E-state index is 12.0. The molecule has 0 spiro atoms. The third-order valence-electron chi connectivity index (χ3n) is 1.88. The van der Waals surface area contributed by atoms with Crippen molar-refractivity contribution in [1.29, 1.82) is 0 Å². The second-order valence-corrected chi connectivity index (χ2v) is 6.22. The lowest BCUT2D eigenvalue weighted by molar-refractivity contribution is -0.120. The van der Waals surface area contributed by atoms with E-state index in [0.29, 0.717) is 6.41 Å². The van der Waals surface area contributed by atoms with Crippen LogP contribution in [0.15, 0.2) is 12.3 Å². The molecule has 1 heterocycles. The smallest absolute Gasteiger partial charge is 0.437 e. The minimum atomic E-state index is -0.679. The zero-order valence-electron chi connectivity index (χ0n) is 12.7. The summed E-state index contributed by atoms with van der Waals surface area (Å²) in [4.78, 5) is 28.6. The summed E-state index contributed by atoms with van der Waals surface area (Å²) in [5.41, 5.74) is -1.25. The van der Waals surface area contributed by atoms with Gasteiger partial charge in [-0.1, -0.05) is 0 Å². The van der Waals surface area contributed by atoms with Crippen LogP contribution in [-0.4, -0.2) is 33.5 Å². The quantitative estimate of drug-likeness (QED) is 0.629. The summed E-state index contributed by atoms with van der Waals surface area (Å²) in [7, 11) is 0. The lowest BCUT2D eigenvalue weighted by atomic mass is 10.2. The summed E-state index contributed by atoms with van der Waals surface area (Å²) in [6.45, 7) is 10.6. The van der Waals surface area contributed by atoms with Crippen molar-refractivity contribution in [2.75, 3.05) is 5.06 Å². The van der Waals surface area contributed by atoms with Gasteiger partial charge in [0.1, 0.15) is 5.60 Å². The van der Waals surface area contributed by atoms with E-state index in [2.05, 4.69) is 5.10 Å². The second-order valence-electron chi connectivity index (χ2n) is 6.22. The van der Waals surface area contributed by atoms with Gasteiger partial charge in [-0.2, -0.15) is 10.2 Å². The van der Waals surface area contributed by atoms with Gasteiger partial charge in [-0.3, -0.25) is 9.63 Å². The lowest BCUT2D eigenvalue weighted by Gasteiger charge is -2.27. The van der Waals surface area contributed by atoms with Crippen molar-refractivity contribution in [2.24, 2.45) is 0 Å². The Morgan fingerprint density at radius 2 is 1.85 bits per heavy atom. The number of ether oxygens (including phenoxy) is 1. The number of carbonyl (C=O) groups is 2. The molecule has 0 saturated heterocycles. The highest BCUT2D eigenvalue weighted by Gasteiger charge is 2.25. The van der Waals surface area contributed by atoms with Gasteiger partial charge in [0, 0.05) is 6.07 Å². The van der Waals surface area contributed by atoms with Crippen LogP contribution in [0, 0.1) is 0 Å². The Bertz CT molecular complexity index is 483. The highest BCUT2D eigenvalue weighted by Crippen LogP contribution is 2.19. The number of rotatable bonds is 3. The molecule has 0 saturated carbocycles. The number of hydroxylamine groups is 1. The summed E-state index contributed by atoms with van der Waals surface area (Å²) >= 11 is 0. The predicted molar refractivity (Wildman–Crippen MR) is 73.2 cm³/mol. The third-order valence-corrected chi connectivity index (χ3v) is 1.88. The zero-order chi connectivity index (χ0) is 15.6. The van der Waals surface area contributed by atoms with Crippen molar-refractivity contribution >= 4 is 18.3 Å². The fraction of sp³-hybridized carbons (Fsp3) is 0.615. The number of amides is 1. The first kappa shape index (κ1) is 16.2. The Balaban J connectivity index is 3.00. The van der Waals surface area contributed by atoms with E-state index < -0.39 is 17.3 Å². The van der Waals surface area contributed by atoms with E-state index in [-0.39, 0.29) is 5.82 Å². The molecule has 1 aromatic rings. The highest BCUT2D eigenvalue weighted by molar-refractivity contribution is 5.79. The molecule has 7 nitrogen and oxygen atoms in total. The highest BCUT2D eigenvalue weighted by atomic mass is 16.7. The topological polar surface area (TPSA) is 73.7 Å². The van der Waals surface area contributed by atoms with Crippen molar-refractivity contribution in [3.05, 3.63) is 12.3 Å². The average Bonchev–Trinajstić information content (AvgIpc) is 2.70. The number of anilines is 1. The number of aromatic nitrogens is 2. The van der Waals surface area contributed by atoms with E-state index in [9.17, 15) is 9.59 Å². The molecule has 0 aliphatic carbocycles. The van der Waals surface area contributed by atoms with Gasteiger partial charge in [-0.05, 0) is 41.5 Å². The maximum absolute atomic E-state index is 12.0. The van der Waals surface area contributed by atoms with Crippen molar-refractivity contribution in [1.82, 2.24) is 9.78 Å². The SMILES string of the molecule is CC(C)(C)OC(=O)n1nccc1N(C=O)OC(C)(C)C. The fourth-order valence-electron chi connectivity index (χ4n) is 1.33. The molecule has 0 aliphatic heterocycles. The van der Waals surface area contributed by atoms with Crippen molar-refractivity contribution in [3.63, 3.8) is 0 Å². The molecule has 7 heteroatoms. The Kier molecular flexibility index (Phi) is 4.54. The van der Waals surface area contributed by atoms with E-state index >= 15 is 0 Å². The van der Waals surface area contributed by atoms with Crippen molar-refractivity contribution < 1.29 is 19.2 Å². The van der Waals surface area contributed by atoms with E-state index in [1.165, 1.54) is 12.3 Å². The number of nitrogens with zero attached hydrogens (tertiary/aromatic N) is 3. The largest absolute Gasteiger partial charge is 0.442 e. The molecule has 20 heavy (non-hydrogen) atoms. The monoisotopic (exact) mass is 283 g/mol. The maximum Gasteiger partial charge on any atom is 0.437 e. The molecule has 0 atom stereocenters. The normalized spacial score (nSPS) is 12.1. The van der Waals surface area contributed by atoms with Gasteiger partial charge in [-0.15, -0.1) is 4.68 Å². The zero-order valence-corrected chi connectivity index (χ0v) is 12.7. The van der Waals surface area contributed by atoms with Crippen LogP contribution >= 0.6 is 0 Å². The van der Waals surface area contributed by atoms with Crippen LogP contribution in [0.5, 0.6) is 0 Å². The minimum Gasteiger partial charge on any atom is -0.442 e. The van der Waals surface area contributed by atoms with Gasteiger partial charge in [0.25, 0.3) is 0 Å². The number of carbonyl (C=O) groups excluding carboxylic acids is 2. The second kappa shape index (κ2) is 5.62. The summed E-state index contributed by atoms with van der Waals surface area (Å²) < 4.78 is 6.19. The average molecular weight is 283 g/mol. The van der Waals surface area contributed by atoms with Crippen LogP contribution in [-0.2, 0) is 14.4 Å². The van der Waals surface area contributed by atoms with Gasteiger partial charge in [0.15, 0.2) is 5.82 Å². The minimum absolute atomic E-state index is 0.184. The Hall–Kier alpha value is -1.89. The van der Waals surface area contributed by atoms with Gasteiger partial charge in [-0.25, -0.2) is 4.79 Å². The predicted octanol–water partition coefficient (Wildman–Crippen LogP) is 2.36. The van der Waals surface area contributed by atoms with E-state index in [0.717, 1.165) is 9.75 Å². The van der Waals surface area contributed by atoms with Crippen LogP contribution in [0.2, 0.25) is 0 Å². The first-order valence-electron chi connectivity index (χ1n) is 6.24. The molecular weight excluding hydrogens is 262 g/mol. The summed E-state index contributed by atoms with van der Waals surface area (Å²) in [6.07, 6.45) is 1.19. The molecule has 1 rings (SSSR count). The van der Waals surface area contributed by atoms with Crippen LogP contribution < -0.4 is 5.06 Å². The third kappa shape index (κ3) is 4.65. The number of hydrogen-bond acceptors (Lipinski definition) is 5. The molecule has 0 aromatic carbocycles. The molecule has 0 unspecified atom stereocenters. The van der Waals surface area contributed by atoms with Crippen LogP contribution in [0.4, 0.5) is 10.6 Å². The van der Waals surface area contributed by atoms with Crippen LogP contribution in [0.25, 0.3) is 0 Å². The van der Waals surface area contributed by atoms with Crippen molar-refractivity contribution in [3.8, 4) is 0 Å². The number of hydrogen-bond donors (Lipinski definition) is 0. The molecule has 1 aromatic heterocycles. The van der Waals surface area contributed by atoms with E-state index in [4.69, 9.17) is 9.57 Å². The summed E-state index contributed by atoms with van der Waals surface area (Å²) in [5.74, 6) is 0.184. The first-order chi connectivity index (χ1) is 9.03. The van der Waals surface area contributed by atoms with Gasteiger partial charge in [0.05, 0.1) is 11.8 Å². The first-order valence-corrected chi connectivity index (χ1v) is 6.24. The molecule has 112 valence electrons. The van der Waals surface area contributed by atoms with Gasteiger partial charge < -0.3 is 4.74 Å². The fourth-order valence-corrected chi connectivity index (χ4v) is 1.33. The van der Waals surface area contributed by atoms with Gasteiger partial charge in [0.2, 0.25) is 6.41 Å². The molecule has 0 fully saturated rings. The van der Waals surface area contributed by atoms with Crippen molar-refractivity contribution in [2.45, 2.75) is 52.7 Å². The standard InChI is InChI=1S/C13H21N3O4/c1-12(2,3)19-11(18)16-10(7-8-14-16)15(9-17)20-13(4,5)6/h7-9H,1-6H3. The molecule has 0 bridgehead atoms. The summed E-state index contributed by atoms with van der Waals surface area (Å²) in [6, 6.07) is 1.49. The molecular formula is C13H21N3O4. The lowest BCUT2D eigenvalue weighted by Crippen LogP contribution is -2.36. The van der Waals surface area contributed by atoms with E-state index in [1.54, 1.807) is 41.5 Å². The molecule has 0 N–H and O–H groups in total. The van der Waals surface area contributed by atoms with Crippen LogP contribution in [0.3, 0.4) is 0 Å². The Morgan fingerprint density at radius 3 is 2.30 bits per heavy atom. The molecule has 0 aliphatic rings. The van der Waals surface area contributed by atoms with Gasteiger partial charge >= 0.3 is 6.09 Å². The molecule has 0 radical (unpaired) electrons.